The van der Waals surface area contributed by atoms with Crippen LogP contribution in [0.2, 0.25) is 0 Å². The number of aromatic nitrogens is 2. The number of alkyl halides is 3. The Morgan fingerprint density at radius 3 is 2.11 bits per heavy atom. The van der Waals surface area contributed by atoms with Crippen molar-refractivity contribution in [3.63, 3.8) is 0 Å². The number of aryl methyl sites for hydroxylation is 1. The van der Waals surface area contributed by atoms with E-state index < -0.39 is 35.0 Å². The maximum atomic E-state index is 15.3. The van der Waals surface area contributed by atoms with Crippen LogP contribution >= 0.6 is 0 Å². The first-order valence-electron chi connectivity index (χ1n) is 11.3. The van der Waals surface area contributed by atoms with Crippen LogP contribution in [0.25, 0.3) is 32.9 Å². The second-order valence-electron chi connectivity index (χ2n) is 8.51. The van der Waals surface area contributed by atoms with Crippen molar-refractivity contribution >= 4 is 21.5 Å². The molecule has 4 aromatic carbocycles. The van der Waals surface area contributed by atoms with Crippen LogP contribution in [-0.4, -0.2) is 16.1 Å². The van der Waals surface area contributed by atoms with Gasteiger partial charge in [0.1, 0.15) is 23.3 Å². The second-order valence-corrected chi connectivity index (χ2v) is 8.51. The van der Waals surface area contributed by atoms with Crippen LogP contribution in [0, 0.1) is 35.1 Å². The van der Waals surface area contributed by atoms with Gasteiger partial charge in [0.25, 0.3) is 0 Å². The molecule has 0 bridgehead atoms. The number of fused-ring (bicyclic) bond motifs is 2. The maximum absolute atomic E-state index is 15.3. The summed E-state index contributed by atoms with van der Waals surface area (Å²) in [5.41, 5.74) is 0.00928. The fourth-order valence-corrected chi connectivity index (χ4v) is 4.24. The van der Waals surface area contributed by atoms with E-state index in [2.05, 4.69) is 9.97 Å². The van der Waals surface area contributed by atoms with Gasteiger partial charge in [-0.15, -0.1) is 0 Å². The zero-order valence-corrected chi connectivity index (χ0v) is 19.3. The van der Waals surface area contributed by atoms with Crippen LogP contribution < -0.4 is 0 Å². The first-order valence-corrected chi connectivity index (χ1v) is 11.3. The number of hydrogen-bond donors (Lipinski definition) is 0. The minimum atomic E-state index is -4.90. The molecule has 0 aliphatic rings. The zero-order chi connectivity index (χ0) is 27.0. The van der Waals surface area contributed by atoms with Gasteiger partial charge in [-0.2, -0.15) is 13.2 Å². The Kier molecular flexibility index (Phi) is 6.49. The van der Waals surface area contributed by atoms with Crippen LogP contribution in [0.1, 0.15) is 16.7 Å². The minimum absolute atomic E-state index is 0.0389. The molecule has 0 radical (unpaired) electrons. The minimum Gasteiger partial charge on any atom is -0.237 e. The summed E-state index contributed by atoms with van der Waals surface area (Å²) in [7, 11) is 0. The Balaban J connectivity index is 1.43. The largest absolute Gasteiger partial charge is 0.458 e. The molecule has 0 spiro atoms. The Labute approximate surface area is 211 Å². The summed E-state index contributed by atoms with van der Waals surface area (Å²) in [5.74, 6) is -1.13. The number of halogens is 7. The molecule has 0 atom stereocenters. The highest BCUT2D eigenvalue weighted by Gasteiger charge is 2.24. The van der Waals surface area contributed by atoms with E-state index in [1.807, 2.05) is 0 Å². The van der Waals surface area contributed by atoms with Crippen LogP contribution in [-0.2, 0) is 12.8 Å². The van der Waals surface area contributed by atoms with Gasteiger partial charge >= 0.3 is 6.18 Å². The molecule has 9 heteroatoms. The van der Waals surface area contributed by atoms with Crippen molar-refractivity contribution in [3.8, 4) is 23.2 Å². The molecule has 0 saturated heterocycles. The Morgan fingerprint density at radius 1 is 0.711 bits per heavy atom. The first-order chi connectivity index (χ1) is 18.1. The molecule has 0 aliphatic heterocycles. The number of benzene rings is 4. The lowest BCUT2D eigenvalue weighted by Crippen LogP contribution is -2.03. The van der Waals surface area contributed by atoms with Gasteiger partial charge in [-0.25, -0.2) is 27.5 Å². The predicted octanol–water partition coefficient (Wildman–Crippen LogP) is 7.71. The first kappa shape index (κ1) is 25.2. The van der Waals surface area contributed by atoms with Crippen LogP contribution in [0.4, 0.5) is 30.7 Å². The average Bonchev–Trinajstić information content (AvgIpc) is 2.88. The molecule has 190 valence electrons. The molecule has 0 N–H and O–H groups in total. The van der Waals surface area contributed by atoms with Gasteiger partial charge in [-0.1, -0.05) is 36.3 Å². The molecular weight excluding hydrogens is 509 g/mol. The van der Waals surface area contributed by atoms with E-state index in [-0.39, 0.29) is 34.6 Å². The summed E-state index contributed by atoms with van der Waals surface area (Å²) in [6.07, 6.45) is -1.67. The van der Waals surface area contributed by atoms with Crippen molar-refractivity contribution in [2.45, 2.75) is 19.0 Å². The van der Waals surface area contributed by atoms with Gasteiger partial charge in [-0.3, -0.25) is 0 Å². The Hall–Kier alpha value is -4.45. The molecule has 5 aromatic rings. The third kappa shape index (κ3) is 5.02. The summed E-state index contributed by atoms with van der Waals surface area (Å²) < 4.78 is 96.2. The standard InChI is InChI=1S/C29H15F7N2/c30-24-15-19-13-17(28-37-10-1-11-38-28)4-7-21(19)26(32)22(24)6-3-16-2-5-20-18(12-16)14-25(31)23(27(20)33)8-9-29(34,35)36/h1-2,4-5,7,10-15H,3,6H2. The van der Waals surface area contributed by atoms with Crippen molar-refractivity contribution in [1.82, 2.24) is 9.97 Å². The fraction of sp³-hybridized carbons (Fsp3) is 0.103. The second kappa shape index (κ2) is 9.78. The van der Waals surface area contributed by atoms with Gasteiger partial charge in [-0.05, 0) is 53.4 Å². The number of nitrogens with zero attached hydrogens (tertiary/aromatic N) is 2. The zero-order valence-electron chi connectivity index (χ0n) is 19.3. The monoisotopic (exact) mass is 524 g/mol. The molecule has 0 aliphatic carbocycles. The van der Waals surface area contributed by atoms with Crippen LogP contribution in [0.5, 0.6) is 0 Å². The molecule has 0 saturated carbocycles. The van der Waals surface area contributed by atoms with Crippen molar-refractivity contribution in [3.05, 3.63) is 107 Å². The van der Waals surface area contributed by atoms with Crippen molar-refractivity contribution in [2.75, 3.05) is 0 Å². The van der Waals surface area contributed by atoms with Crippen molar-refractivity contribution in [2.24, 2.45) is 0 Å². The van der Waals surface area contributed by atoms with Gasteiger partial charge in [0.2, 0.25) is 0 Å². The lowest BCUT2D eigenvalue weighted by atomic mass is 9.96. The number of rotatable bonds is 4. The highest BCUT2D eigenvalue weighted by molar-refractivity contribution is 5.88. The SMILES string of the molecule is Fc1cc2cc(CCc3c(F)cc4cc(-c5ncccn5)ccc4c3F)ccc2c(F)c1C#CC(F)(F)F. The molecule has 0 amide bonds. The quantitative estimate of drug-likeness (QED) is 0.178. The van der Waals surface area contributed by atoms with E-state index in [1.54, 1.807) is 30.6 Å². The van der Waals surface area contributed by atoms with Gasteiger partial charge < -0.3 is 0 Å². The normalized spacial score (nSPS) is 11.6. The molecule has 0 fully saturated rings. The predicted molar refractivity (Wildman–Crippen MR) is 129 cm³/mol. The van der Waals surface area contributed by atoms with Crippen LogP contribution in [0.3, 0.4) is 0 Å². The molecule has 0 unspecified atom stereocenters. The lowest BCUT2D eigenvalue weighted by Gasteiger charge is -2.11. The molecule has 5 rings (SSSR count). The topological polar surface area (TPSA) is 25.8 Å². The van der Waals surface area contributed by atoms with E-state index in [1.165, 1.54) is 36.3 Å². The summed E-state index contributed by atoms with van der Waals surface area (Å²) in [6, 6.07) is 12.7. The van der Waals surface area contributed by atoms with Crippen molar-refractivity contribution < 1.29 is 30.7 Å². The smallest absolute Gasteiger partial charge is 0.237 e. The van der Waals surface area contributed by atoms with E-state index >= 15 is 4.39 Å². The molecular formula is C29H15F7N2. The van der Waals surface area contributed by atoms with E-state index in [0.717, 1.165) is 12.0 Å². The summed E-state index contributed by atoms with van der Waals surface area (Å²) >= 11 is 0. The van der Waals surface area contributed by atoms with E-state index in [4.69, 9.17) is 0 Å². The van der Waals surface area contributed by atoms with Crippen LogP contribution in [0.15, 0.2) is 67.0 Å². The highest BCUT2D eigenvalue weighted by atomic mass is 19.4. The molecule has 38 heavy (non-hydrogen) atoms. The Morgan fingerprint density at radius 2 is 1.37 bits per heavy atom. The maximum Gasteiger partial charge on any atom is 0.458 e. The van der Waals surface area contributed by atoms with Crippen molar-refractivity contribution in [1.29, 1.82) is 0 Å². The third-order valence-corrected chi connectivity index (χ3v) is 6.03. The number of hydrogen-bond acceptors (Lipinski definition) is 2. The van der Waals surface area contributed by atoms with E-state index in [9.17, 15) is 26.3 Å². The van der Waals surface area contributed by atoms with Gasteiger partial charge in [0.15, 0.2) is 5.82 Å². The molecule has 1 heterocycles. The van der Waals surface area contributed by atoms with Gasteiger partial charge in [0.05, 0.1) is 5.56 Å². The van der Waals surface area contributed by atoms with E-state index in [0.29, 0.717) is 22.3 Å². The highest BCUT2D eigenvalue weighted by Crippen LogP contribution is 2.30. The summed E-state index contributed by atoms with van der Waals surface area (Å²) in [6.45, 7) is 0. The lowest BCUT2D eigenvalue weighted by molar-refractivity contribution is -0.0696. The molecule has 1 aromatic heterocycles. The Bertz CT molecular complexity index is 1750. The average molecular weight is 524 g/mol. The third-order valence-electron chi connectivity index (χ3n) is 6.03. The summed E-state index contributed by atoms with van der Waals surface area (Å²) in [5, 5.41) is 0.527. The van der Waals surface area contributed by atoms with Gasteiger partial charge in [0, 0.05) is 40.2 Å². The fourth-order valence-electron chi connectivity index (χ4n) is 4.24. The molecule has 2 nitrogen and oxygen atoms in total. The summed E-state index contributed by atoms with van der Waals surface area (Å²) in [4.78, 5) is 8.28.